The van der Waals surface area contributed by atoms with Gasteiger partial charge in [-0.15, -0.1) is 0 Å². The van der Waals surface area contributed by atoms with Crippen molar-refractivity contribution < 1.29 is 18.0 Å². The topological polar surface area (TPSA) is 90.0 Å². The normalized spacial score (nSPS) is 24.0. The van der Waals surface area contributed by atoms with Crippen LogP contribution in [0.5, 0.6) is 0 Å². The van der Waals surface area contributed by atoms with E-state index in [0.717, 1.165) is 13.1 Å². The maximum absolute atomic E-state index is 13.3. The molecule has 3 aliphatic rings. The highest BCUT2D eigenvalue weighted by molar-refractivity contribution is 7.89. The molecule has 3 aliphatic heterocycles. The van der Waals surface area contributed by atoms with E-state index in [1.54, 1.807) is 30.3 Å². The standard InChI is InChI=1S/C21H30N4O4S/c1-16(2)23-14-10-21(11-15-23)19(26)25(20(27)22-21)17-8-12-24(13-9-17)30(28,29)18-6-4-3-5-7-18/h3-7,16-17H,8-15H2,1-2H3,(H,22,27). The van der Waals surface area contributed by atoms with Gasteiger partial charge in [-0.05, 0) is 51.7 Å². The molecule has 8 nitrogen and oxygen atoms in total. The third kappa shape index (κ3) is 3.63. The van der Waals surface area contributed by atoms with Crippen LogP contribution in [0.25, 0.3) is 0 Å². The fourth-order valence-corrected chi connectivity index (χ4v) is 6.31. The minimum Gasteiger partial charge on any atom is -0.323 e. The molecule has 1 aromatic carbocycles. The van der Waals surface area contributed by atoms with Gasteiger partial charge in [-0.25, -0.2) is 13.2 Å². The van der Waals surface area contributed by atoms with Gasteiger partial charge in [0.1, 0.15) is 5.54 Å². The first-order valence-corrected chi connectivity index (χ1v) is 12.1. The largest absolute Gasteiger partial charge is 0.325 e. The Kier molecular flexibility index (Phi) is 5.63. The fourth-order valence-electron chi connectivity index (χ4n) is 4.82. The molecule has 164 valence electrons. The van der Waals surface area contributed by atoms with Crippen LogP contribution < -0.4 is 5.32 Å². The number of nitrogens with one attached hydrogen (secondary N) is 1. The van der Waals surface area contributed by atoms with Crippen molar-refractivity contribution >= 4 is 22.0 Å². The predicted octanol–water partition coefficient (Wildman–Crippen LogP) is 1.63. The summed E-state index contributed by atoms with van der Waals surface area (Å²) in [6.07, 6.45) is 2.15. The van der Waals surface area contributed by atoms with Gasteiger partial charge in [0.05, 0.1) is 4.90 Å². The number of hydrogen-bond acceptors (Lipinski definition) is 5. The minimum absolute atomic E-state index is 0.139. The number of carbonyl (C=O) groups is 2. The van der Waals surface area contributed by atoms with E-state index in [2.05, 4.69) is 24.1 Å². The summed E-state index contributed by atoms with van der Waals surface area (Å²) >= 11 is 0. The zero-order chi connectivity index (χ0) is 21.5. The van der Waals surface area contributed by atoms with Crippen LogP contribution >= 0.6 is 0 Å². The van der Waals surface area contributed by atoms with Crippen LogP contribution in [0.2, 0.25) is 0 Å². The molecule has 3 fully saturated rings. The molecule has 1 N–H and O–H groups in total. The maximum Gasteiger partial charge on any atom is 0.325 e. The molecule has 0 atom stereocenters. The summed E-state index contributed by atoms with van der Waals surface area (Å²) in [6.45, 7) is 6.43. The molecule has 4 rings (SSSR count). The second-order valence-electron chi connectivity index (χ2n) is 8.77. The molecule has 1 aromatic rings. The van der Waals surface area contributed by atoms with E-state index in [4.69, 9.17) is 0 Å². The van der Waals surface area contributed by atoms with Crippen molar-refractivity contribution in [3.63, 3.8) is 0 Å². The average Bonchev–Trinajstić information content (AvgIpc) is 2.98. The molecule has 3 amide bonds. The first-order valence-electron chi connectivity index (χ1n) is 10.7. The van der Waals surface area contributed by atoms with Gasteiger partial charge in [-0.1, -0.05) is 18.2 Å². The van der Waals surface area contributed by atoms with E-state index in [1.165, 1.54) is 9.21 Å². The van der Waals surface area contributed by atoms with Gasteiger partial charge in [0.2, 0.25) is 10.0 Å². The van der Waals surface area contributed by atoms with Crippen molar-refractivity contribution in [2.24, 2.45) is 0 Å². The van der Waals surface area contributed by atoms with E-state index in [-0.39, 0.29) is 22.9 Å². The molecule has 3 saturated heterocycles. The Balaban J connectivity index is 1.42. The Morgan fingerprint density at radius 2 is 1.60 bits per heavy atom. The molecule has 0 radical (unpaired) electrons. The number of urea groups is 1. The molecule has 3 heterocycles. The van der Waals surface area contributed by atoms with Crippen LogP contribution in [-0.4, -0.2) is 78.3 Å². The predicted molar refractivity (Wildman–Crippen MR) is 112 cm³/mol. The molecule has 0 bridgehead atoms. The van der Waals surface area contributed by atoms with Gasteiger partial charge in [-0.2, -0.15) is 4.31 Å². The number of nitrogens with zero attached hydrogens (tertiary/aromatic N) is 3. The molecular formula is C21H30N4O4S. The fraction of sp³-hybridized carbons (Fsp3) is 0.619. The van der Waals surface area contributed by atoms with Crippen LogP contribution in [0.1, 0.15) is 39.5 Å². The highest BCUT2D eigenvalue weighted by atomic mass is 32.2. The summed E-state index contributed by atoms with van der Waals surface area (Å²) < 4.78 is 27.1. The van der Waals surface area contributed by atoms with Crippen LogP contribution in [0, 0.1) is 0 Å². The Morgan fingerprint density at radius 1 is 1.00 bits per heavy atom. The van der Waals surface area contributed by atoms with Gasteiger partial charge in [0.15, 0.2) is 0 Å². The van der Waals surface area contributed by atoms with Gasteiger partial charge in [-0.3, -0.25) is 9.69 Å². The van der Waals surface area contributed by atoms with Crippen molar-refractivity contribution in [1.29, 1.82) is 0 Å². The van der Waals surface area contributed by atoms with Crippen LogP contribution in [-0.2, 0) is 14.8 Å². The molecule has 0 aliphatic carbocycles. The Morgan fingerprint density at radius 3 is 2.17 bits per heavy atom. The van der Waals surface area contributed by atoms with E-state index in [1.807, 2.05) is 0 Å². The van der Waals surface area contributed by atoms with Gasteiger partial charge < -0.3 is 10.2 Å². The number of benzene rings is 1. The van der Waals surface area contributed by atoms with Crippen LogP contribution in [0.4, 0.5) is 4.79 Å². The van der Waals surface area contributed by atoms with E-state index >= 15 is 0 Å². The van der Waals surface area contributed by atoms with E-state index < -0.39 is 15.6 Å². The summed E-state index contributed by atoms with van der Waals surface area (Å²) in [4.78, 5) is 29.9. The second-order valence-corrected chi connectivity index (χ2v) is 10.7. The molecule has 1 spiro atoms. The minimum atomic E-state index is -3.55. The molecule has 0 saturated carbocycles. The van der Waals surface area contributed by atoms with Crippen molar-refractivity contribution in [3.8, 4) is 0 Å². The van der Waals surface area contributed by atoms with E-state index in [0.29, 0.717) is 44.8 Å². The highest BCUT2D eigenvalue weighted by Gasteiger charge is 2.54. The number of imide groups is 1. The van der Waals surface area contributed by atoms with Crippen molar-refractivity contribution in [1.82, 2.24) is 19.4 Å². The van der Waals surface area contributed by atoms with Gasteiger partial charge in [0, 0.05) is 38.3 Å². The molecular weight excluding hydrogens is 404 g/mol. The van der Waals surface area contributed by atoms with E-state index in [9.17, 15) is 18.0 Å². The Bertz CT molecular complexity index is 902. The maximum atomic E-state index is 13.3. The second kappa shape index (κ2) is 7.94. The third-order valence-electron chi connectivity index (χ3n) is 6.74. The summed E-state index contributed by atoms with van der Waals surface area (Å²) in [6, 6.07) is 8.20. The number of carbonyl (C=O) groups excluding carboxylic acids is 2. The average molecular weight is 435 g/mol. The van der Waals surface area contributed by atoms with Crippen LogP contribution in [0.15, 0.2) is 35.2 Å². The molecule has 0 unspecified atom stereocenters. The number of piperidine rings is 2. The molecule has 0 aromatic heterocycles. The Labute approximate surface area is 178 Å². The van der Waals surface area contributed by atoms with Crippen molar-refractivity contribution in [2.45, 2.75) is 62.0 Å². The zero-order valence-electron chi connectivity index (χ0n) is 17.6. The summed E-state index contributed by atoms with van der Waals surface area (Å²) in [5.74, 6) is -0.139. The zero-order valence-corrected chi connectivity index (χ0v) is 18.4. The van der Waals surface area contributed by atoms with Gasteiger partial charge in [0.25, 0.3) is 5.91 Å². The monoisotopic (exact) mass is 434 g/mol. The summed E-state index contributed by atoms with van der Waals surface area (Å²) in [5.41, 5.74) is -0.796. The quantitative estimate of drug-likeness (QED) is 0.728. The third-order valence-corrected chi connectivity index (χ3v) is 8.66. The number of hydrogen-bond donors (Lipinski definition) is 1. The first kappa shape index (κ1) is 21.3. The first-order chi connectivity index (χ1) is 14.2. The number of likely N-dealkylation sites (tertiary alicyclic amines) is 1. The number of amides is 3. The smallest absolute Gasteiger partial charge is 0.323 e. The van der Waals surface area contributed by atoms with Crippen LogP contribution in [0.3, 0.4) is 0 Å². The summed E-state index contributed by atoms with van der Waals surface area (Å²) in [7, 11) is -3.55. The number of rotatable bonds is 4. The number of sulfonamides is 1. The van der Waals surface area contributed by atoms with Gasteiger partial charge >= 0.3 is 6.03 Å². The molecule has 30 heavy (non-hydrogen) atoms. The lowest BCUT2D eigenvalue weighted by atomic mass is 9.86. The lowest BCUT2D eigenvalue weighted by molar-refractivity contribution is -0.135. The molecule has 9 heteroatoms. The van der Waals surface area contributed by atoms with Crippen molar-refractivity contribution in [2.75, 3.05) is 26.2 Å². The SMILES string of the molecule is CC(C)N1CCC2(CC1)NC(=O)N(C1CCN(S(=O)(=O)c3ccccc3)CC1)C2=O. The Hall–Kier alpha value is -1.97. The van der Waals surface area contributed by atoms with Crippen molar-refractivity contribution in [3.05, 3.63) is 30.3 Å². The lowest BCUT2D eigenvalue weighted by Gasteiger charge is -2.40. The summed E-state index contributed by atoms with van der Waals surface area (Å²) in [5, 5.41) is 2.97. The lowest BCUT2D eigenvalue weighted by Crippen LogP contribution is -2.56. The highest BCUT2D eigenvalue weighted by Crippen LogP contribution is 2.33.